The largest absolute Gasteiger partial charge is 0.492 e. The molecule has 0 bridgehead atoms. The summed E-state index contributed by atoms with van der Waals surface area (Å²) < 4.78 is 31.8. The van der Waals surface area contributed by atoms with Crippen LogP contribution in [-0.4, -0.2) is 51.8 Å². The molecule has 0 radical (unpaired) electrons. The predicted molar refractivity (Wildman–Crippen MR) is 119 cm³/mol. The van der Waals surface area contributed by atoms with Gasteiger partial charge in [0.1, 0.15) is 10.6 Å². The zero-order valence-corrected chi connectivity index (χ0v) is 18.7. The Hall–Kier alpha value is -2.91. The minimum absolute atomic E-state index is 0.00298. The van der Waals surface area contributed by atoms with Crippen molar-refractivity contribution in [3.63, 3.8) is 0 Å². The van der Waals surface area contributed by atoms with Crippen LogP contribution in [0, 0.1) is 0 Å². The summed E-state index contributed by atoms with van der Waals surface area (Å²) >= 11 is 0. The van der Waals surface area contributed by atoms with Crippen LogP contribution in [0.25, 0.3) is 0 Å². The van der Waals surface area contributed by atoms with Gasteiger partial charge in [0.05, 0.1) is 13.0 Å². The number of hydrogen-bond donors (Lipinski definition) is 1. The lowest BCUT2D eigenvalue weighted by Crippen LogP contribution is -2.23. The molecule has 0 aromatic heterocycles. The number of amides is 2. The first-order valence-corrected chi connectivity index (χ1v) is 11.5. The standard InChI is InChI=1S/C22H27N3O5S/c1-4-30-19-12-9-17(15-20(19)31(28,29)24(2)3)23-21(26)14-16-7-10-18(11-8-16)25-13-5-6-22(25)27/h7-12,15H,4-6,13-14H2,1-3H3,(H,23,26). The summed E-state index contributed by atoms with van der Waals surface area (Å²) in [7, 11) is -0.859. The van der Waals surface area contributed by atoms with E-state index < -0.39 is 10.0 Å². The molecule has 2 amide bonds. The normalized spacial score (nSPS) is 14.2. The zero-order chi connectivity index (χ0) is 22.6. The fourth-order valence-electron chi connectivity index (χ4n) is 3.36. The summed E-state index contributed by atoms with van der Waals surface area (Å²) in [5.74, 6) is 0.0769. The minimum Gasteiger partial charge on any atom is -0.492 e. The second-order valence-corrected chi connectivity index (χ2v) is 9.54. The van der Waals surface area contributed by atoms with Gasteiger partial charge in [0, 0.05) is 38.4 Å². The number of nitrogens with one attached hydrogen (secondary N) is 1. The van der Waals surface area contributed by atoms with E-state index in [4.69, 9.17) is 4.74 Å². The third kappa shape index (κ3) is 5.23. The summed E-state index contributed by atoms with van der Waals surface area (Å²) in [5, 5.41) is 2.75. The van der Waals surface area contributed by atoms with Gasteiger partial charge in [-0.2, -0.15) is 0 Å². The van der Waals surface area contributed by atoms with E-state index in [0.717, 1.165) is 22.0 Å². The molecule has 0 aliphatic carbocycles. The van der Waals surface area contributed by atoms with Gasteiger partial charge in [-0.1, -0.05) is 12.1 Å². The lowest BCUT2D eigenvalue weighted by Gasteiger charge is -2.17. The quantitative estimate of drug-likeness (QED) is 0.674. The van der Waals surface area contributed by atoms with Crippen molar-refractivity contribution >= 4 is 33.2 Å². The van der Waals surface area contributed by atoms with Crippen molar-refractivity contribution in [2.45, 2.75) is 31.1 Å². The smallest absolute Gasteiger partial charge is 0.246 e. The number of rotatable bonds is 8. The van der Waals surface area contributed by atoms with E-state index in [-0.39, 0.29) is 28.9 Å². The van der Waals surface area contributed by atoms with Gasteiger partial charge in [-0.3, -0.25) is 9.59 Å². The van der Waals surface area contributed by atoms with Crippen LogP contribution in [0.5, 0.6) is 5.75 Å². The van der Waals surface area contributed by atoms with Crippen LogP contribution in [0.4, 0.5) is 11.4 Å². The maximum Gasteiger partial charge on any atom is 0.246 e. The monoisotopic (exact) mass is 445 g/mol. The van der Waals surface area contributed by atoms with Crippen molar-refractivity contribution in [3.05, 3.63) is 48.0 Å². The van der Waals surface area contributed by atoms with Gasteiger partial charge >= 0.3 is 0 Å². The van der Waals surface area contributed by atoms with Crippen molar-refractivity contribution in [2.24, 2.45) is 0 Å². The van der Waals surface area contributed by atoms with Crippen LogP contribution in [0.15, 0.2) is 47.4 Å². The second kappa shape index (κ2) is 9.49. The first kappa shape index (κ1) is 22.8. The molecular formula is C22H27N3O5S. The predicted octanol–water partition coefficient (Wildman–Crippen LogP) is 2.64. The summed E-state index contributed by atoms with van der Waals surface area (Å²) in [6.45, 7) is 2.81. The Balaban J connectivity index is 1.72. The van der Waals surface area contributed by atoms with Gasteiger partial charge in [-0.15, -0.1) is 0 Å². The molecule has 166 valence electrons. The molecule has 0 unspecified atom stereocenters. The Morgan fingerprint density at radius 1 is 1.16 bits per heavy atom. The molecular weight excluding hydrogens is 418 g/mol. The fraction of sp³-hybridized carbons (Fsp3) is 0.364. The van der Waals surface area contributed by atoms with Crippen molar-refractivity contribution in [2.75, 3.05) is 37.5 Å². The van der Waals surface area contributed by atoms with Gasteiger partial charge in [0.25, 0.3) is 0 Å². The molecule has 9 heteroatoms. The molecule has 2 aromatic carbocycles. The highest BCUT2D eigenvalue weighted by molar-refractivity contribution is 7.89. The number of sulfonamides is 1. The van der Waals surface area contributed by atoms with Crippen molar-refractivity contribution in [1.29, 1.82) is 0 Å². The maximum absolute atomic E-state index is 12.6. The van der Waals surface area contributed by atoms with E-state index >= 15 is 0 Å². The Labute approximate surface area is 182 Å². The number of carbonyl (C=O) groups is 2. The average molecular weight is 446 g/mol. The van der Waals surface area contributed by atoms with Crippen LogP contribution in [0.3, 0.4) is 0 Å². The van der Waals surface area contributed by atoms with E-state index in [9.17, 15) is 18.0 Å². The highest BCUT2D eigenvalue weighted by Gasteiger charge is 2.24. The average Bonchev–Trinajstić information content (AvgIpc) is 3.15. The number of nitrogens with zero attached hydrogens (tertiary/aromatic N) is 2. The van der Waals surface area contributed by atoms with Crippen LogP contribution in [-0.2, 0) is 26.0 Å². The van der Waals surface area contributed by atoms with Gasteiger partial charge in [-0.05, 0) is 49.2 Å². The minimum atomic E-state index is -3.74. The molecule has 3 rings (SSSR count). The Kier molecular flexibility index (Phi) is 6.97. The topological polar surface area (TPSA) is 96.0 Å². The number of hydrogen-bond acceptors (Lipinski definition) is 5. The van der Waals surface area contributed by atoms with Gasteiger partial charge in [0.15, 0.2) is 0 Å². The van der Waals surface area contributed by atoms with E-state index in [1.807, 2.05) is 24.3 Å². The van der Waals surface area contributed by atoms with Gasteiger partial charge in [0.2, 0.25) is 21.8 Å². The summed E-state index contributed by atoms with van der Waals surface area (Å²) in [4.78, 5) is 26.1. The van der Waals surface area contributed by atoms with Crippen LogP contribution in [0.1, 0.15) is 25.3 Å². The highest BCUT2D eigenvalue weighted by atomic mass is 32.2. The molecule has 1 aliphatic heterocycles. The van der Waals surface area contributed by atoms with Crippen molar-refractivity contribution in [3.8, 4) is 5.75 Å². The first-order valence-electron chi connectivity index (χ1n) is 10.1. The second-order valence-electron chi connectivity index (χ2n) is 7.42. The molecule has 0 spiro atoms. The number of benzene rings is 2. The lowest BCUT2D eigenvalue weighted by molar-refractivity contribution is -0.117. The molecule has 1 fully saturated rings. The molecule has 1 aliphatic rings. The maximum atomic E-state index is 12.6. The van der Waals surface area contributed by atoms with Gasteiger partial charge < -0.3 is 15.0 Å². The molecule has 0 atom stereocenters. The molecule has 31 heavy (non-hydrogen) atoms. The Morgan fingerprint density at radius 3 is 2.45 bits per heavy atom. The lowest BCUT2D eigenvalue weighted by atomic mass is 10.1. The van der Waals surface area contributed by atoms with Crippen molar-refractivity contribution in [1.82, 2.24) is 4.31 Å². The van der Waals surface area contributed by atoms with E-state index in [1.165, 1.54) is 26.2 Å². The molecule has 8 nitrogen and oxygen atoms in total. The van der Waals surface area contributed by atoms with Crippen LogP contribution < -0.4 is 15.0 Å². The third-order valence-electron chi connectivity index (χ3n) is 4.97. The molecule has 1 saturated heterocycles. The zero-order valence-electron chi connectivity index (χ0n) is 17.9. The molecule has 1 N–H and O–H groups in total. The van der Waals surface area contributed by atoms with E-state index in [2.05, 4.69) is 5.32 Å². The molecule has 2 aromatic rings. The number of anilines is 2. The Bertz CT molecular complexity index is 1070. The first-order chi connectivity index (χ1) is 14.7. The van der Waals surface area contributed by atoms with Crippen molar-refractivity contribution < 1.29 is 22.7 Å². The molecule has 0 saturated carbocycles. The SMILES string of the molecule is CCOc1ccc(NC(=O)Cc2ccc(N3CCCC3=O)cc2)cc1S(=O)(=O)N(C)C. The number of carbonyl (C=O) groups excluding carboxylic acids is 2. The summed E-state index contributed by atoms with van der Waals surface area (Å²) in [5.41, 5.74) is 1.99. The van der Waals surface area contributed by atoms with E-state index in [0.29, 0.717) is 25.3 Å². The Morgan fingerprint density at radius 2 is 1.87 bits per heavy atom. The summed E-state index contributed by atoms with van der Waals surface area (Å²) in [6.07, 6.45) is 1.55. The van der Waals surface area contributed by atoms with Gasteiger partial charge in [-0.25, -0.2) is 12.7 Å². The van der Waals surface area contributed by atoms with E-state index in [1.54, 1.807) is 17.9 Å². The van der Waals surface area contributed by atoms with Crippen LogP contribution in [0.2, 0.25) is 0 Å². The molecule has 1 heterocycles. The van der Waals surface area contributed by atoms with Crippen LogP contribution >= 0.6 is 0 Å². The summed E-state index contributed by atoms with van der Waals surface area (Å²) in [6, 6.07) is 11.9. The third-order valence-corrected chi connectivity index (χ3v) is 6.81. The fourth-order valence-corrected chi connectivity index (χ4v) is 4.41. The number of ether oxygens (including phenoxy) is 1. The highest BCUT2D eigenvalue weighted by Crippen LogP contribution is 2.29.